The van der Waals surface area contributed by atoms with Gasteiger partial charge in [0, 0.05) is 0 Å². The van der Waals surface area contributed by atoms with Crippen molar-refractivity contribution in [2.45, 2.75) is 123 Å². The predicted molar refractivity (Wildman–Crippen MR) is 109 cm³/mol. The number of unbranched alkanes of at least 4 members (excludes halogenated alkanes) is 12. The molecule has 0 aliphatic rings. The Balaban J connectivity index is 0. The zero-order chi connectivity index (χ0) is 18.3. The maximum atomic E-state index is 8.99. The smallest absolute Gasteiger partial charge is 0.0612 e. The standard InChI is InChI=1S/C11H24O.C11H22O/c1-3-4-5-6-7-8-9-10-11(2)12;1-2-3-4-5-6-7-8-9-10-11-12/h11-12H,3-10H2,1-2H3;9-10,12H,2-8,11H2,1H3. The Morgan fingerprint density at radius 1 is 0.667 bits per heavy atom. The summed E-state index contributed by atoms with van der Waals surface area (Å²) in [4.78, 5) is 0. The van der Waals surface area contributed by atoms with Crippen LogP contribution in [0.2, 0.25) is 0 Å². The highest BCUT2D eigenvalue weighted by molar-refractivity contribution is 4.80. The number of hydrogen-bond acceptors (Lipinski definition) is 2. The van der Waals surface area contributed by atoms with E-state index in [-0.39, 0.29) is 12.7 Å². The Morgan fingerprint density at radius 2 is 1.12 bits per heavy atom. The largest absolute Gasteiger partial charge is 0.393 e. The van der Waals surface area contributed by atoms with E-state index < -0.39 is 0 Å². The fourth-order valence-electron chi connectivity index (χ4n) is 2.63. The van der Waals surface area contributed by atoms with Crippen LogP contribution < -0.4 is 0 Å². The van der Waals surface area contributed by atoms with Crippen molar-refractivity contribution in [1.82, 2.24) is 0 Å². The van der Waals surface area contributed by atoms with Gasteiger partial charge >= 0.3 is 0 Å². The summed E-state index contributed by atoms with van der Waals surface area (Å²) in [5, 5.41) is 17.4. The van der Waals surface area contributed by atoms with Gasteiger partial charge in [-0.15, -0.1) is 0 Å². The summed E-state index contributed by atoms with van der Waals surface area (Å²) in [5.41, 5.74) is 0. The summed E-state index contributed by atoms with van der Waals surface area (Å²) in [6.07, 6.45) is 23.3. The van der Waals surface area contributed by atoms with Crippen molar-refractivity contribution in [3.8, 4) is 0 Å². The van der Waals surface area contributed by atoms with Crippen LogP contribution in [0.4, 0.5) is 0 Å². The molecule has 0 rings (SSSR count). The van der Waals surface area contributed by atoms with Crippen LogP contribution in [0, 0.1) is 0 Å². The van der Waals surface area contributed by atoms with Gasteiger partial charge in [-0.3, -0.25) is 0 Å². The lowest BCUT2D eigenvalue weighted by Crippen LogP contribution is -1.98. The molecule has 0 saturated carbocycles. The Labute approximate surface area is 152 Å². The van der Waals surface area contributed by atoms with Crippen molar-refractivity contribution in [1.29, 1.82) is 0 Å². The van der Waals surface area contributed by atoms with Crippen molar-refractivity contribution in [3.63, 3.8) is 0 Å². The molecular formula is C22H46O2. The number of hydrogen-bond donors (Lipinski definition) is 2. The summed E-state index contributed by atoms with van der Waals surface area (Å²) in [6.45, 7) is 6.55. The van der Waals surface area contributed by atoms with Gasteiger partial charge < -0.3 is 10.2 Å². The third-order valence-corrected chi connectivity index (χ3v) is 4.22. The summed E-state index contributed by atoms with van der Waals surface area (Å²) in [7, 11) is 0. The van der Waals surface area contributed by atoms with E-state index >= 15 is 0 Å². The van der Waals surface area contributed by atoms with Gasteiger partial charge in [-0.05, 0) is 26.2 Å². The molecule has 0 aliphatic heterocycles. The first kappa shape index (κ1) is 25.9. The fourth-order valence-corrected chi connectivity index (χ4v) is 2.63. The summed E-state index contributed by atoms with van der Waals surface area (Å²) in [6, 6.07) is 0. The second-order valence-electron chi connectivity index (χ2n) is 6.97. The molecule has 0 heterocycles. The van der Waals surface area contributed by atoms with E-state index in [1.54, 1.807) is 0 Å². The highest BCUT2D eigenvalue weighted by Crippen LogP contribution is 2.09. The molecule has 1 unspecified atom stereocenters. The van der Waals surface area contributed by atoms with Crippen LogP contribution in [0.1, 0.15) is 117 Å². The molecule has 1 atom stereocenters. The number of allylic oxidation sites excluding steroid dienone is 1. The lowest BCUT2D eigenvalue weighted by molar-refractivity contribution is 0.180. The Hall–Kier alpha value is -0.340. The molecule has 0 aliphatic carbocycles. The van der Waals surface area contributed by atoms with Crippen molar-refractivity contribution in [3.05, 3.63) is 12.2 Å². The van der Waals surface area contributed by atoms with Crippen LogP contribution in [0.25, 0.3) is 0 Å². The van der Waals surface area contributed by atoms with E-state index in [1.807, 2.05) is 13.0 Å². The van der Waals surface area contributed by atoms with Crippen molar-refractivity contribution in [2.24, 2.45) is 0 Å². The molecule has 0 amide bonds. The van der Waals surface area contributed by atoms with E-state index in [0.29, 0.717) is 0 Å². The zero-order valence-corrected chi connectivity index (χ0v) is 16.9. The van der Waals surface area contributed by atoms with Crippen LogP contribution in [-0.2, 0) is 0 Å². The van der Waals surface area contributed by atoms with Gasteiger partial charge in [0.15, 0.2) is 0 Å². The summed E-state index contributed by atoms with van der Waals surface area (Å²) in [5.74, 6) is 0. The van der Waals surface area contributed by atoms with Crippen LogP contribution in [0.3, 0.4) is 0 Å². The highest BCUT2D eigenvalue weighted by Gasteiger charge is 1.95. The maximum Gasteiger partial charge on any atom is 0.0612 e. The monoisotopic (exact) mass is 342 g/mol. The minimum absolute atomic E-state index is 0.0966. The van der Waals surface area contributed by atoms with Gasteiger partial charge in [-0.1, -0.05) is 103 Å². The quantitative estimate of drug-likeness (QED) is 0.239. The van der Waals surface area contributed by atoms with Crippen molar-refractivity contribution in [2.75, 3.05) is 6.61 Å². The minimum Gasteiger partial charge on any atom is -0.393 e. The maximum absolute atomic E-state index is 8.99. The average molecular weight is 343 g/mol. The fraction of sp³-hybridized carbons (Fsp3) is 0.909. The van der Waals surface area contributed by atoms with E-state index in [0.717, 1.165) is 12.8 Å². The molecule has 0 aromatic rings. The molecule has 0 aromatic carbocycles. The predicted octanol–water partition coefficient (Wildman–Crippen LogP) is 6.79. The first-order valence-electron chi connectivity index (χ1n) is 10.6. The van der Waals surface area contributed by atoms with Crippen molar-refractivity contribution < 1.29 is 10.2 Å². The molecule has 0 fully saturated rings. The molecule has 146 valence electrons. The number of rotatable bonds is 16. The zero-order valence-electron chi connectivity index (χ0n) is 16.9. The van der Waals surface area contributed by atoms with Gasteiger partial charge in [0.2, 0.25) is 0 Å². The number of aliphatic hydroxyl groups is 2. The SMILES string of the molecule is CCCCCCCCC=CCO.CCCCCCCCCC(C)O. The van der Waals surface area contributed by atoms with Crippen LogP contribution in [0.5, 0.6) is 0 Å². The van der Waals surface area contributed by atoms with Gasteiger partial charge in [0.1, 0.15) is 0 Å². The molecule has 2 heteroatoms. The first-order valence-corrected chi connectivity index (χ1v) is 10.6. The normalized spacial score (nSPS) is 12.2. The molecule has 0 spiro atoms. The lowest BCUT2D eigenvalue weighted by Gasteiger charge is -2.03. The second kappa shape index (κ2) is 24.9. The molecular weight excluding hydrogens is 296 g/mol. The summed E-state index contributed by atoms with van der Waals surface area (Å²) >= 11 is 0. The van der Waals surface area contributed by atoms with Gasteiger partial charge in [0.25, 0.3) is 0 Å². The first-order chi connectivity index (χ1) is 11.7. The van der Waals surface area contributed by atoms with E-state index in [9.17, 15) is 0 Å². The van der Waals surface area contributed by atoms with Gasteiger partial charge in [-0.25, -0.2) is 0 Å². The highest BCUT2D eigenvalue weighted by atomic mass is 16.3. The Bertz CT molecular complexity index is 224. The molecule has 0 bridgehead atoms. The van der Waals surface area contributed by atoms with Crippen LogP contribution >= 0.6 is 0 Å². The van der Waals surface area contributed by atoms with E-state index in [1.165, 1.54) is 83.5 Å². The van der Waals surface area contributed by atoms with Crippen molar-refractivity contribution >= 4 is 0 Å². The molecule has 2 N–H and O–H groups in total. The van der Waals surface area contributed by atoms with E-state index in [4.69, 9.17) is 10.2 Å². The summed E-state index contributed by atoms with van der Waals surface area (Å²) < 4.78 is 0. The number of aliphatic hydroxyl groups excluding tert-OH is 2. The molecule has 0 radical (unpaired) electrons. The average Bonchev–Trinajstić information content (AvgIpc) is 2.57. The molecule has 0 saturated heterocycles. The minimum atomic E-state index is -0.0966. The van der Waals surface area contributed by atoms with E-state index in [2.05, 4.69) is 19.9 Å². The Morgan fingerprint density at radius 3 is 1.58 bits per heavy atom. The van der Waals surface area contributed by atoms with Gasteiger partial charge in [0.05, 0.1) is 12.7 Å². The van der Waals surface area contributed by atoms with Gasteiger partial charge in [-0.2, -0.15) is 0 Å². The molecule has 24 heavy (non-hydrogen) atoms. The lowest BCUT2D eigenvalue weighted by atomic mass is 10.1. The van der Waals surface area contributed by atoms with Crippen LogP contribution in [-0.4, -0.2) is 22.9 Å². The second-order valence-corrected chi connectivity index (χ2v) is 6.97. The van der Waals surface area contributed by atoms with Crippen LogP contribution in [0.15, 0.2) is 12.2 Å². The third kappa shape index (κ3) is 29.6. The topological polar surface area (TPSA) is 40.5 Å². The Kier molecular flexibility index (Phi) is 26.9. The molecule has 2 nitrogen and oxygen atoms in total. The molecule has 0 aromatic heterocycles. The third-order valence-electron chi connectivity index (χ3n) is 4.22.